The predicted octanol–water partition coefficient (Wildman–Crippen LogP) is 5.59. The van der Waals surface area contributed by atoms with Crippen LogP contribution in [0.4, 0.5) is 18.9 Å². The summed E-state index contributed by atoms with van der Waals surface area (Å²) in [7, 11) is 0. The summed E-state index contributed by atoms with van der Waals surface area (Å²) in [6.07, 6.45) is -2.96. The molecule has 0 saturated carbocycles. The molecule has 1 amide bonds. The van der Waals surface area contributed by atoms with Gasteiger partial charge in [0, 0.05) is 11.4 Å². The number of halogens is 3. The van der Waals surface area contributed by atoms with Gasteiger partial charge in [-0.1, -0.05) is 35.5 Å². The predicted molar refractivity (Wildman–Crippen MR) is 115 cm³/mol. The lowest BCUT2D eigenvalue weighted by atomic mass is 10.2. The Hall–Kier alpha value is -3.53. The third kappa shape index (κ3) is 4.86. The molecule has 0 aliphatic heterocycles. The average Bonchev–Trinajstić information content (AvgIpc) is 3.42. The summed E-state index contributed by atoms with van der Waals surface area (Å²) in [6, 6.07) is 15.7. The Morgan fingerprint density at radius 1 is 1.09 bits per heavy atom. The third-order valence-corrected chi connectivity index (χ3v) is 5.40. The van der Waals surface area contributed by atoms with Gasteiger partial charge in [-0.2, -0.15) is 13.2 Å². The van der Waals surface area contributed by atoms with Crippen molar-refractivity contribution in [3.05, 3.63) is 78.1 Å². The zero-order chi connectivity index (χ0) is 22.7. The van der Waals surface area contributed by atoms with Crippen molar-refractivity contribution in [1.29, 1.82) is 0 Å². The minimum absolute atomic E-state index is 0.0710. The molecule has 0 aliphatic rings. The highest BCUT2D eigenvalue weighted by atomic mass is 32.2. The molecule has 6 nitrogen and oxygen atoms in total. The Morgan fingerprint density at radius 3 is 2.56 bits per heavy atom. The van der Waals surface area contributed by atoms with Crippen molar-refractivity contribution in [3.8, 4) is 17.3 Å². The minimum atomic E-state index is -4.48. The first-order valence-electron chi connectivity index (χ1n) is 9.47. The molecule has 4 aromatic rings. The van der Waals surface area contributed by atoms with Crippen molar-refractivity contribution in [1.82, 2.24) is 14.8 Å². The molecule has 164 valence electrons. The second-order valence-electron chi connectivity index (χ2n) is 6.87. The number of aromatic nitrogens is 3. The fraction of sp³-hybridized carbons (Fsp3) is 0.136. The van der Waals surface area contributed by atoms with E-state index in [1.165, 1.54) is 18.4 Å². The molecule has 0 fully saturated rings. The zero-order valence-electron chi connectivity index (χ0n) is 16.8. The largest absolute Gasteiger partial charge is 0.461 e. The topological polar surface area (TPSA) is 73.0 Å². The van der Waals surface area contributed by atoms with Gasteiger partial charge in [0.1, 0.15) is 0 Å². The second-order valence-corrected chi connectivity index (χ2v) is 7.81. The number of hydrogen-bond acceptors (Lipinski definition) is 5. The SMILES string of the molecule is Cc1ccc(-n2c(SCC(=O)Nc3cccc(C(F)(F)F)c3)nnc2-c2ccco2)cc1. The number of carbonyl (C=O) groups is 1. The number of carbonyl (C=O) groups excluding carboxylic acids is 1. The van der Waals surface area contributed by atoms with E-state index in [1.54, 1.807) is 16.7 Å². The quantitative estimate of drug-likeness (QED) is 0.382. The van der Waals surface area contributed by atoms with Gasteiger partial charge in [0.2, 0.25) is 11.7 Å². The first-order valence-corrected chi connectivity index (χ1v) is 10.5. The maximum atomic E-state index is 12.9. The molecular weight excluding hydrogens is 441 g/mol. The van der Waals surface area contributed by atoms with E-state index in [0.29, 0.717) is 16.7 Å². The van der Waals surface area contributed by atoms with Crippen LogP contribution in [0, 0.1) is 6.92 Å². The van der Waals surface area contributed by atoms with Crippen molar-refractivity contribution < 1.29 is 22.4 Å². The standard InChI is InChI=1S/C22H17F3N4O2S/c1-14-7-9-17(10-8-14)29-20(18-6-3-11-31-18)27-28-21(29)32-13-19(30)26-16-5-2-4-15(12-16)22(23,24)25/h2-12H,13H2,1H3,(H,26,30). The Labute approximate surface area is 185 Å². The molecule has 10 heteroatoms. The number of furan rings is 1. The Kier molecular flexibility index (Phi) is 6.04. The third-order valence-electron chi connectivity index (χ3n) is 4.47. The van der Waals surface area contributed by atoms with Crippen molar-refractivity contribution in [2.75, 3.05) is 11.1 Å². The molecule has 0 unspecified atom stereocenters. The molecule has 2 heterocycles. The van der Waals surface area contributed by atoms with Crippen LogP contribution in [-0.4, -0.2) is 26.4 Å². The highest BCUT2D eigenvalue weighted by Gasteiger charge is 2.30. The Morgan fingerprint density at radius 2 is 1.88 bits per heavy atom. The van der Waals surface area contributed by atoms with E-state index in [0.717, 1.165) is 35.1 Å². The van der Waals surface area contributed by atoms with Crippen LogP contribution < -0.4 is 5.32 Å². The molecule has 0 radical (unpaired) electrons. The number of rotatable bonds is 6. The summed E-state index contributed by atoms with van der Waals surface area (Å²) >= 11 is 1.11. The molecule has 1 N–H and O–H groups in total. The van der Waals surface area contributed by atoms with Crippen molar-refractivity contribution >= 4 is 23.4 Å². The maximum absolute atomic E-state index is 12.9. The van der Waals surface area contributed by atoms with Crippen LogP contribution in [0.2, 0.25) is 0 Å². The summed E-state index contributed by atoms with van der Waals surface area (Å²) in [5, 5.41) is 11.3. The van der Waals surface area contributed by atoms with E-state index in [2.05, 4.69) is 15.5 Å². The van der Waals surface area contributed by atoms with E-state index in [4.69, 9.17) is 4.42 Å². The van der Waals surface area contributed by atoms with Gasteiger partial charge >= 0.3 is 6.18 Å². The van der Waals surface area contributed by atoms with E-state index in [1.807, 2.05) is 31.2 Å². The number of anilines is 1. The first-order chi connectivity index (χ1) is 15.3. The van der Waals surface area contributed by atoms with Gasteiger partial charge in [0.05, 0.1) is 17.6 Å². The van der Waals surface area contributed by atoms with Gasteiger partial charge in [0.15, 0.2) is 10.9 Å². The molecular formula is C22H17F3N4O2S. The van der Waals surface area contributed by atoms with Crippen LogP contribution in [0.3, 0.4) is 0 Å². The molecule has 0 bridgehead atoms. The lowest BCUT2D eigenvalue weighted by Crippen LogP contribution is -2.15. The number of nitrogens with zero attached hydrogens (tertiary/aromatic N) is 3. The highest BCUT2D eigenvalue weighted by molar-refractivity contribution is 7.99. The van der Waals surface area contributed by atoms with Crippen LogP contribution >= 0.6 is 11.8 Å². The van der Waals surface area contributed by atoms with Crippen molar-refractivity contribution in [2.45, 2.75) is 18.3 Å². The number of aryl methyl sites for hydroxylation is 1. The molecule has 4 rings (SSSR count). The molecule has 0 saturated heterocycles. The maximum Gasteiger partial charge on any atom is 0.416 e. The first kappa shape index (κ1) is 21.7. The zero-order valence-corrected chi connectivity index (χ0v) is 17.6. The van der Waals surface area contributed by atoms with Crippen LogP contribution in [0.1, 0.15) is 11.1 Å². The van der Waals surface area contributed by atoms with Crippen LogP contribution in [0.25, 0.3) is 17.3 Å². The molecule has 0 aliphatic carbocycles. The Balaban J connectivity index is 1.53. The minimum Gasteiger partial charge on any atom is -0.461 e. The van der Waals surface area contributed by atoms with E-state index in [-0.39, 0.29) is 11.4 Å². The number of amides is 1. The van der Waals surface area contributed by atoms with Crippen molar-refractivity contribution in [3.63, 3.8) is 0 Å². The van der Waals surface area contributed by atoms with Crippen molar-refractivity contribution in [2.24, 2.45) is 0 Å². The van der Waals surface area contributed by atoms with Gasteiger partial charge in [-0.3, -0.25) is 9.36 Å². The molecule has 0 spiro atoms. The molecule has 2 aromatic heterocycles. The lowest BCUT2D eigenvalue weighted by Gasteiger charge is -2.11. The number of hydrogen-bond donors (Lipinski definition) is 1. The summed E-state index contributed by atoms with van der Waals surface area (Å²) in [5.41, 5.74) is 1.11. The summed E-state index contributed by atoms with van der Waals surface area (Å²) in [5.74, 6) is 0.448. The monoisotopic (exact) mass is 458 g/mol. The number of thioether (sulfide) groups is 1. The number of alkyl halides is 3. The van der Waals surface area contributed by atoms with E-state index in [9.17, 15) is 18.0 Å². The van der Waals surface area contributed by atoms with Crippen LogP contribution in [0.15, 0.2) is 76.5 Å². The van der Waals surface area contributed by atoms with Crippen LogP contribution in [0.5, 0.6) is 0 Å². The second kappa shape index (κ2) is 8.91. The van der Waals surface area contributed by atoms with Gasteiger partial charge in [-0.05, 0) is 49.4 Å². The fourth-order valence-electron chi connectivity index (χ4n) is 2.96. The van der Waals surface area contributed by atoms with Gasteiger partial charge < -0.3 is 9.73 Å². The van der Waals surface area contributed by atoms with Gasteiger partial charge in [-0.15, -0.1) is 10.2 Å². The summed E-state index contributed by atoms with van der Waals surface area (Å²) in [4.78, 5) is 12.4. The average molecular weight is 458 g/mol. The molecule has 2 aromatic carbocycles. The summed E-state index contributed by atoms with van der Waals surface area (Å²) < 4.78 is 45.9. The van der Waals surface area contributed by atoms with E-state index < -0.39 is 17.6 Å². The number of nitrogens with one attached hydrogen (secondary N) is 1. The highest BCUT2D eigenvalue weighted by Crippen LogP contribution is 2.31. The molecule has 0 atom stereocenters. The normalized spacial score (nSPS) is 11.5. The fourth-order valence-corrected chi connectivity index (χ4v) is 3.71. The van der Waals surface area contributed by atoms with Gasteiger partial charge in [-0.25, -0.2) is 0 Å². The number of benzene rings is 2. The lowest BCUT2D eigenvalue weighted by molar-refractivity contribution is -0.137. The van der Waals surface area contributed by atoms with Gasteiger partial charge in [0.25, 0.3) is 0 Å². The molecule has 32 heavy (non-hydrogen) atoms. The Bertz CT molecular complexity index is 1220. The summed E-state index contributed by atoms with van der Waals surface area (Å²) in [6.45, 7) is 1.97. The smallest absolute Gasteiger partial charge is 0.416 e. The van der Waals surface area contributed by atoms with E-state index >= 15 is 0 Å². The van der Waals surface area contributed by atoms with Crippen LogP contribution in [-0.2, 0) is 11.0 Å².